The number of rotatable bonds is 4. The van der Waals surface area contributed by atoms with E-state index >= 15 is 0 Å². The minimum Gasteiger partial charge on any atom is -0.465 e. The van der Waals surface area contributed by atoms with Crippen molar-refractivity contribution in [1.82, 2.24) is 4.98 Å². The number of hydrogen-bond donors (Lipinski definition) is 1. The average molecular weight is 393 g/mol. The van der Waals surface area contributed by atoms with Crippen molar-refractivity contribution in [2.75, 3.05) is 7.11 Å². The molecule has 0 unspecified atom stereocenters. The minimum atomic E-state index is -0.654. The fraction of sp³-hybridized carbons (Fsp3) is 0.261. The van der Waals surface area contributed by atoms with Crippen LogP contribution in [-0.2, 0) is 9.47 Å². The maximum absolute atomic E-state index is 13.3. The third-order valence-corrected chi connectivity index (χ3v) is 4.43. The second kappa shape index (κ2) is 7.54. The highest BCUT2D eigenvalue weighted by Gasteiger charge is 2.25. The minimum absolute atomic E-state index is 0.249. The molecule has 0 bridgehead atoms. The molecule has 6 heteroatoms. The smallest absolute Gasteiger partial charge is 0.339 e. The molecule has 0 spiro atoms. The van der Waals surface area contributed by atoms with Crippen LogP contribution in [0.15, 0.2) is 42.5 Å². The molecule has 2 aromatic carbocycles. The van der Waals surface area contributed by atoms with Crippen LogP contribution < -0.4 is 0 Å². The third-order valence-electron chi connectivity index (χ3n) is 4.43. The number of esters is 2. The first kappa shape index (κ1) is 20.3. The van der Waals surface area contributed by atoms with Crippen LogP contribution in [0.1, 0.15) is 63.1 Å². The number of aromatic nitrogens is 1. The molecule has 1 N–H and O–H groups in total. The molecule has 0 fully saturated rings. The Labute approximate surface area is 168 Å². The quantitative estimate of drug-likeness (QED) is 0.523. The van der Waals surface area contributed by atoms with Crippen LogP contribution in [0.25, 0.3) is 10.9 Å². The number of methoxy groups -OCH3 is 1. The van der Waals surface area contributed by atoms with Gasteiger partial charge in [-0.15, -0.1) is 0 Å². The topological polar surface area (TPSA) is 85.5 Å². The summed E-state index contributed by atoms with van der Waals surface area (Å²) >= 11 is 0. The molecule has 1 heterocycles. The molecule has 0 aliphatic carbocycles. The summed E-state index contributed by atoms with van der Waals surface area (Å²) in [5.41, 5.74) is 2.18. The van der Waals surface area contributed by atoms with Crippen LogP contribution in [0.3, 0.4) is 0 Å². The number of nitrogens with one attached hydrogen (secondary N) is 1. The molecule has 150 valence electrons. The van der Waals surface area contributed by atoms with E-state index in [9.17, 15) is 14.4 Å². The lowest BCUT2D eigenvalue weighted by atomic mass is 9.97. The van der Waals surface area contributed by atoms with E-state index in [-0.39, 0.29) is 5.78 Å². The van der Waals surface area contributed by atoms with Gasteiger partial charge in [0.15, 0.2) is 5.78 Å². The highest BCUT2D eigenvalue weighted by atomic mass is 16.6. The molecular weight excluding hydrogens is 370 g/mol. The summed E-state index contributed by atoms with van der Waals surface area (Å²) in [5.74, 6) is -1.21. The lowest BCUT2D eigenvalue weighted by molar-refractivity contribution is 0.00716. The Morgan fingerprint density at radius 3 is 2.10 bits per heavy atom. The summed E-state index contributed by atoms with van der Waals surface area (Å²) in [7, 11) is 1.30. The van der Waals surface area contributed by atoms with Gasteiger partial charge in [-0.3, -0.25) is 4.79 Å². The predicted molar refractivity (Wildman–Crippen MR) is 109 cm³/mol. The van der Waals surface area contributed by atoms with Crippen molar-refractivity contribution in [1.29, 1.82) is 0 Å². The van der Waals surface area contributed by atoms with Crippen molar-refractivity contribution in [3.05, 3.63) is 70.4 Å². The Balaban J connectivity index is 2.09. The van der Waals surface area contributed by atoms with Crippen molar-refractivity contribution >= 4 is 28.6 Å². The molecule has 6 nitrogen and oxygen atoms in total. The van der Waals surface area contributed by atoms with Gasteiger partial charge in [-0.1, -0.05) is 18.2 Å². The maximum atomic E-state index is 13.3. The molecule has 0 atom stereocenters. The molecule has 1 aromatic heterocycles. The largest absolute Gasteiger partial charge is 0.465 e. The number of carbonyl (C=O) groups excluding carboxylic acids is 3. The van der Waals surface area contributed by atoms with Gasteiger partial charge in [-0.25, -0.2) is 9.59 Å². The molecule has 29 heavy (non-hydrogen) atoms. The average Bonchev–Trinajstić information content (AvgIpc) is 3.01. The summed E-state index contributed by atoms with van der Waals surface area (Å²) < 4.78 is 10.2. The normalized spacial score (nSPS) is 11.3. The highest BCUT2D eigenvalue weighted by molar-refractivity contribution is 6.21. The number of hydrogen-bond acceptors (Lipinski definition) is 5. The van der Waals surface area contributed by atoms with Crippen molar-refractivity contribution < 1.29 is 23.9 Å². The van der Waals surface area contributed by atoms with Crippen LogP contribution in [0.5, 0.6) is 0 Å². The van der Waals surface area contributed by atoms with Crippen molar-refractivity contribution in [2.45, 2.75) is 33.3 Å². The van der Waals surface area contributed by atoms with E-state index in [1.807, 2.05) is 6.07 Å². The van der Waals surface area contributed by atoms with Gasteiger partial charge >= 0.3 is 11.9 Å². The first-order valence-electron chi connectivity index (χ1n) is 9.20. The Morgan fingerprint density at radius 1 is 0.897 bits per heavy atom. The maximum Gasteiger partial charge on any atom is 0.339 e. The molecule has 0 saturated heterocycles. The first-order valence-corrected chi connectivity index (χ1v) is 9.20. The van der Waals surface area contributed by atoms with E-state index in [0.717, 1.165) is 0 Å². The van der Waals surface area contributed by atoms with Crippen LogP contribution in [-0.4, -0.2) is 35.4 Å². The van der Waals surface area contributed by atoms with Gasteiger partial charge in [0.05, 0.1) is 23.8 Å². The van der Waals surface area contributed by atoms with Crippen LogP contribution in [0, 0.1) is 6.92 Å². The number of ketones is 1. The summed E-state index contributed by atoms with van der Waals surface area (Å²) in [4.78, 5) is 40.8. The lowest BCUT2D eigenvalue weighted by Gasteiger charge is -2.20. The zero-order valence-electron chi connectivity index (χ0n) is 17.1. The fourth-order valence-corrected chi connectivity index (χ4v) is 3.18. The van der Waals surface area contributed by atoms with Gasteiger partial charge in [-0.2, -0.15) is 0 Å². The summed E-state index contributed by atoms with van der Waals surface area (Å²) in [6.45, 7) is 7.17. The van der Waals surface area contributed by atoms with Gasteiger partial charge in [0.1, 0.15) is 5.60 Å². The van der Waals surface area contributed by atoms with E-state index in [4.69, 9.17) is 4.74 Å². The van der Waals surface area contributed by atoms with E-state index in [1.54, 1.807) is 52.0 Å². The van der Waals surface area contributed by atoms with E-state index in [1.165, 1.54) is 19.2 Å². The second-order valence-corrected chi connectivity index (χ2v) is 7.75. The van der Waals surface area contributed by atoms with E-state index < -0.39 is 17.5 Å². The van der Waals surface area contributed by atoms with E-state index in [2.05, 4.69) is 9.72 Å². The number of aryl methyl sites for hydroxylation is 1. The van der Waals surface area contributed by atoms with Gasteiger partial charge in [-0.05, 0) is 52.0 Å². The summed E-state index contributed by atoms with van der Waals surface area (Å²) in [5, 5.41) is 0.529. The van der Waals surface area contributed by atoms with Gasteiger partial charge < -0.3 is 14.5 Å². The Kier molecular flexibility index (Phi) is 5.29. The van der Waals surface area contributed by atoms with Crippen LogP contribution in [0.2, 0.25) is 0 Å². The SMILES string of the molecule is COC(=O)c1ccc(C(=O)c2c(C)[nH]c3cccc(C(=O)OC(C)(C)C)c23)cc1. The highest BCUT2D eigenvalue weighted by Crippen LogP contribution is 2.29. The molecule has 3 aromatic rings. The Hall–Kier alpha value is -3.41. The van der Waals surface area contributed by atoms with Gasteiger partial charge in [0, 0.05) is 22.2 Å². The molecular formula is C23H23NO5. The van der Waals surface area contributed by atoms with Gasteiger partial charge in [0.2, 0.25) is 0 Å². The first-order chi connectivity index (χ1) is 13.6. The molecule has 0 saturated carbocycles. The van der Waals surface area contributed by atoms with Crippen LogP contribution >= 0.6 is 0 Å². The number of benzene rings is 2. The number of fused-ring (bicyclic) bond motifs is 1. The summed E-state index contributed by atoms with van der Waals surface area (Å²) in [6, 6.07) is 11.4. The van der Waals surface area contributed by atoms with Crippen molar-refractivity contribution in [2.24, 2.45) is 0 Å². The van der Waals surface area contributed by atoms with Crippen LogP contribution in [0.4, 0.5) is 0 Å². The standard InChI is InChI=1S/C23H23NO5/c1-13-18(20(25)14-9-11-15(12-10-14)21(26)28-5)19-16(7-6-8-17(19)24-13)22(27)29-23(2,3)4/h6-12,24H,1-5H3. The van der Waals surface area contributed by atoms with Crippen molar-refractivity contribution in [3.63, 3.8) is 0 Å². The molecule has 0 aliphatic heterocycles. The van der Waals surface area contributed by atoms with Gasteiger partial charge in [0.25, 0.3) is 0 Å². The predicted octanol–water partition coefficient (Wildman–Crippen LogP) is 4.45. The number of ether oxygens (including phenoxy) is 2. The zero-order valence-corrected chi connectivity index (χ0v) is 17.1. The van der Waals surface area contributed by atoms with E-state index in [0.29, 0.717) is 38.9 Å². The van der Waals surface area contributed by atoms with Crippen molar-refractivity contribution in [3.8, 4) is 0 Å². The number of aromatic amines is 1. The monoisotopic (exact) mass is 393 g/mol. The Morgan fingerprint density at radius 2 is 1.52 bits per heavy atom. The molecule has 0 aliphatic rings. The number of carbonyl (C=O) groups is 3. The second-order valence-electron chi connectivity index (χ2n) is 7.75. The fourth-order valence-electron chi connectivity index (χ4n) is 3.18. The third kappa shape index (κ3) is 4.06. The molecule has 0 amide bonds. The Bertz CT molecular complexity index is 1100. The molecule has 3 rings (SSSR count). The summed E-state index contributed by atoms with van der Waals surface area (Å²) in [6.07, 6.45) is 0. The lowest BCUT2D eigenvalue weighted by Crippen LogP contribution is -2.24. The number of H-pyrrole nitrogens is 1. The molecule has 0 radical (unpaired) electrons. The zero-order chi connectivity index (χ0) is 21.3.